The Morgan fingerprint density at radius 3 is 2.28 bits per heavy atom. The Morgan fingerprint density at radius 1 is 0.696 bits per heavy atom. The summed E-state index contributed by atoms with van der Waals surface area (Å²) < 4.78 is 1.97. The first-order valence-corrected chi connectivity index (χ1v) is 18.5. The van der Waals surface area contributed by atoms with Crippen molar-refractivity contribution in [2.75, 3.05) is 0 Å². The minimum Gasteiger partial charge on any atom is -0.339 e. The van der Waals surface area contributed by atoms with Gasteiger partial charge in [0, 0.05) is 58.7 Å². The summed E-state index contributed by atoms with van der Waals surface area (Å²) in [7, 11) is 1.96. The molecule has 9 heterocycles. The van der Waals surface area contributed by atoms with E-state index in [2.05, 4.69) is 45.5 Å². The summed E-state index contributed by atoms with van der Waals surface area (Å²) in [5.74, 6) is 1.18. The van der Waals surface area contributed by atoms with Crippen molar-refractivity contribution in [1.82, 2.24) is 64.6 Å². The van der Waals surface area contributed by atoms with Crippen molar-refractivity contribution >= 4 is 102 Å². The molecule has 0 unspecified atom stereocenters. The minimum absolute atomic E-state index is 0.584. The molecule has 13 nitrogen and oxygen atoms in total. The molecule has 0 fully saturated rings. The molecule has 0 aromatic carbocycles. The molecule has 9 aromatic heterocycles. The van der Waals surface area contributed by atoms with Gasteiger partial charge in [-0.25, -0.2) is 39.9 Å². The maximum Gasteiger partial charge on any atom is 0.194 e. The standard InChI is InChI=1S/C27H15N13S6/c1-40-5-4-30-27(40)46-24-17-15(9-43-19(17)20-35-13-7-41-6-12(13)22(37-20)44-26-33-11-34-39-26)36-21(38-24)18-16-14(8-42-18)31-10-32-23(16)45-25-28-2-3-29-25/h2-11H,1H3,(H,28,29)(H,33,34,39). The van der Waals surface area contributed by atoms with Crippen LogP contribution in [0.4, 0.5) is 0 Å². The van der Waals surface area contributed by atoms with Crippen molar-refractivity contribution in [2.45, 2.75) is 30.5 Å². The Hall–Kier alpha value is -4.27. The zero-order valence-electron chi connectivity index (χ0n) is 23.1. The lowest BCUT2D eigenvalue weighted by molar-refractivity contribution is 0.789. The van der Waals surface area contributed by atoms with Gasteiger partial charge in [-0.05, 0) is 35.3 Å². The lowest BCUT2D eigenvalue weighted by Crippen LogP contribution is -1.97. The van der Waals surface area contributed by atoms with E-state index < -0.39 is 0 Å². The molecular formula is C27H15N13S6. The highest BCUT2D eigenvalue weighted by atomic mass is 32.2. The Kier molecular flexibility index (Phi) is 7.01. The van der Waals surface area contributed by atoms with Crippen molar-refractivity contribution in [2.24, 2.45) is 7.05 Å². The third-order valence-electron chi connectivity index (χ3n) is 6.71. The number of nitrogens with one attached hydrogen (secondary N) is 2. The van der Waals surface area contributed by atoms with Crippen LogP contribution in [0.3, 0.4) is 0 Å². The molecule has 0 atom stereocenters. The number of aromatic nitrogens is 13. The van der Waals surface area contributed by atoms with Crippen LogP contribution in [0.1, 0.15) is 0 Å². The summed E-state index contributed by atoms with van der Waals surface area (Å²) in [5.41, 5.74) is 2.48. The van der Waals surface area contributed by atoms with Gasteiger partial charge >= 0.3 is 0 Å². The van der Waals surface area contributed by atoms with Crippen molar-refractivity contribution in [3.8, 4) is 21.4 Å². The predicted molar refractivity (Wildman–Crippen MR) is 181 cm³/mol. The fourth-order valence-electron chi connectivity index (χ4n) is 4.65. The third-order valence-corrected chi connectivity index (χ3v) is 12.2. The zero-order chi connectivity index (χ0) is 30.6. The van der Waals surface area contributed by atoms with Gasteiger partial charge in [0.2, 0.25) is 0 Å². The summed E-state index contributed by atoms with van der Waals surface area (Å²) >= 11 is 9.02. The van der Waals surface area contributed by atoms with Crippen LogP contribution in [0.25, 0.3) is 54.1 Å². The number of aryl methyl sites for hydroxylation is 1. The number of hydrogen-bond donors (Lipinski definition) is 2. The van der Waals surface area contributed by atoms with Crippen LogP contribution in [0.2, 0.25) is 0 Å². The molecule has 0 saturated carbocycles. The highest BCUT2D eigenvalue weighted by Gasteiger charge is 2.24. The highest BCUT2D eigenvalue weighted by molar-refractivity contribution is 7.99. The summed E-state index contributed by atoms with van der Waals surface area (Å²) in [5, 5.41) is 23.4. The second-order valence-electron chi connectivity index (χ2n) is 9.52. The van der Waals surface area contributed by atoms with Crippen molar-refractivity contribution in [1.29, 1.82) is 0 Å². The first-order valence-electron chi connectivity index (χ1n) is 13.3. The van der Waals surface area contributed by atoms with Gasteiger partial charge in [-0.2, -0.15) is 0 Å². The third kappa shape index (κ3) is 4.95. The molecule has 2 N–H and O–H groups in total. The average molecular weight is 714 g/mol. The number of aromatic amines is 2. The second-order valence-corrected chi connectivity index (χ2v) is 14.9. The molecule has 9 rings (SSSR count). The Labute approximate surface area is 282 Å². The monoisotopic (exact) mass is 713 g/mol. The van der Waals surface area contributed by atoms with E-state index in [4.69, 9.17) is 19.9 Å². The van der Waals surface area contributed by atoms with Crippen molar-refractivity contribution < 1.29 is 0 Å². The fraction of sp³-hybridized carbons (Fsp3) is 0.0370. The van der Waals surface area contributed by atoms with Crippen LogP contribution >= 0.6 is 69.3 Å². The quantitative estimate of drug-likeness (QED) is 0.154. The van der Waals surface area contributed by atoms with Gasteiger partial charge in [-0.3, -0.25) is 0 Å². The van der Waals surface area contributed by atoms with E-state index in [1.807, 2.05) is 34.0 Å². The van der Waals surface area contributed by atoms with Crippen LogP contribution in [0, 0.1) is 0 Å². The number of thiophene rings is 3. The van der Waals surface area contributed by atoms with Gasteiger partial charge in [-0.15, -0.1) is 44.2 Å². The Bertz CT molecular complexity index is 2490. The van der Waals surface area contributed by atoms with E-state index in [0.717, 1.165) is 67.9 Å². The van der Waals surface area contributed by atoms with E-state index in [1.54, 1.807) is 65.3 Å². The molecule has 0 aliphatic carbocycles. The maximum atomic E-state index is 5.19. The number of H-pyrrole nitrogens is 2. The van der Waals surface area contributed by atoms with Gasteiger partial charge in [0.1, 0.15) is 27.7 Å². The van der Waals surface area contributed by atoms with Crippen molar-refractivity contribution in [3.05, 3.63) is 59.0 Å². The molecular weight excluding hydrogens is 699 g/mol. The number of hydrogen-bond acceptors (Lipinski definition) is 16. The lowest BCUT2D eigenvalue weighted by atomic mass is 10.2. The number of rotatable bonds is 8. The van der Waals surface area contributed by atoms with Crippen LogP contribution in [-0.4, -0.2) is 64.6 Å². The van der Waals surface area contributed by atoms with Gasteiger partial charge in [0.25, 0.3) is 0 Å². The van der Waals surface area contributed by atoms with Crippen LogP contribution in [0.15, 0.2) is 89.5 Å². The molecule has 0 aliphatic heterocycles. The topological polar surface area (TPSA) is 165 Å². The Balaban J connectivity index is 1.23. The predicted octanol–water partition coefficient (Wildman–Crippen LogP) is 7.06. The first kappa shape index (κ1) is 28.0. The molecule has 19 heteroatoms. The van der Waals surface area contributed by atoms with Gasteiger partial charge in [0.05, 0.1) is 37.1 Å². The zero-order valence-corrected chi connectivity index (χ0v) is 28.0. The summed E-state index contributed by atoms with van der Waals surface area (Å²) in [4.78, 5) is 46.3. The molecule has 46 heavy (non-hydrogen) atoms. The molecule has 0 radical (unpaired) electrons. The van der Waals surface area contributed by atoms with E-state index in [9.17, 15) is 0 Å². The average Bonchev–Trinajstić information content (AvgIpc) is 3.90. The minimum atomic E-state index is 0.584. The molecule has 0 aliphatic rings. The largest absolute Gasteiger partial charge is 0.339 e. The van der Waals surface area contributed by atoms with Crippen molar-refractivity contribution in [3.63, 3.8) is 0 Å². The summed E-state index contributed by atoms with van der Waals surface area (Å²) in [6, 6.07) is 0. The second kappa shape index (κ2) is 11.5. The fourth-order valence-corrected chi connectivity index (χ4v) is 9.99. The Morgan fingerprint density at radius 2 is 1.50 bits per heavy atom. The maximum absolute atomic E-state index is 5.19. The first-order chi connectivity index (χ1) is 22.7. The summed E-state index contributed by atoms with van der Waals surface area (Å²) in [6.07, 6.45) is 10.3. The summed E-state index contributed by atoms with van der Waals surface area (Å²) in [6.45, 7) is 0. The molecule has 9 aromatic rings. The molecule has 0 saturated heterocycles. The SMILES string of the molecule is Cn1ccnc1Sc1nc(-c2scc3ncnc(Sc4ncc[nH]4)c23)nc2csc(-c3nc(Sc4nnc[nH]4)c4cscc4n3)c12. The van der Waals surface area contributed by atoms with E-state index >= 15 is 0 Å². The number of imidazole rings is 2. The smallest absolute Gasteiger partial charge is 0.194 e. The molecule has 0 amide bonds. The number of nitrogens with zero attached hydrogens (tertiary/aromatic N) is 11. The molecule has 0 bridgehead atoms. The van der Waals surface area contributed by atoms with Gasteiger partial charge in [-0.1, -0.05) is 0 Å². The van der Waals surface area contributed by atoms with E-state index in [-0.39, 0.29) is 0 Å². The highest BCUT2D eigenvalue weighted by Crippen LogP contribution is 2.45. The van der Waals surface area contributed by atoms with Crippen LogP contribution in [-0.2, 0) is 7.05 Å². The van der Waals surface area contributed by atoms with E-state index in [0.29, 0.717) is 16.8 Å². The van der Waals surface area contributed by atoms with Gasteiger partial charge in [0.15, 0.2) is 27.1 Å². The van der Waals surface area contributed by atoms with Crippen LogP contribution in [0.5, 0.6) is 0 Å². The molecule has 0 spiro atoms. The number of fused-ring (bicyclic) bond motifs is 3. The van der Waals surface area contributed by atoms with Crippen LogP contribution < -0.4 is 0 Å². The lowest BCUT2D eigenvalue weighted by Gasteiger charge is -2.09. The van der Waals surface area contributed by atoms with Gasteiger partial charge < -0.3 is 14.5 Å². The normalized spacial score (nSPS) is 11.8. The van der Waals surface area contributed by atoms with E-state index in [1.165, 1.54) is 35.3 Å². The molecule has 224 valence electrons.